The maximum Gasteiger partial charge on any atom is 0.157 e. The van der Waals surface area contributed by atoms with Gasteiger partial charge in [0.25, 0.3) is 0 Å². The lowest BCUT2D eigenvalue weighted by molar-refractivity contribution is -0.148. The van der Waals surface area contributed by atoms with E-state index in [0.717, 1.165) is 32.5 Å². The number of ether oxygens (including phenoxy) is 2. The predicted octanol–water partition coefficient (Wildman–Crippen LogP) is 8.74. The molecule has 0 spiro atoms. The lowest BCUT2D eigenvalue weighted by Crippen LogP contribution is -2.19. The van der Waals surface area contributed by atoms with Gasteiger partial charge in [0, 0.05) is 19.8 Å². The first-order chi connectivity index (χ1) is 15.3. The number of hydrogen-bond acceptors (Lipinski definition) is 3. The molecule has 3 heteroatoms. The molecule has 0 aliphatic carbocycles. The van der Waals surface area contributed by atoms with Crippen molar-refractivity contribution in [3.8, 4) is 0 Å². The Hall–Kier alpha value is -0.380. The van der Waals surface area contributed by atoms with Crippen LogP contribution in [0.2, 0.25) is 0 Å². The van der Waals surface area contributed by atoms with Crippen LogP contribution >= 0.6 is 0 Å². The van der Waals surface area contributed by atoms with E-state index in [-0.39, 0.29) is 12.9 Å². The molecule has 31 heavy (non-hydrogen) atoms. The molecule has 0 aromatic heterocycles. The number of allylic oxidation sites excluding steroid dienone is 1. The number of hydrogen-bond donors (Lipinski definition) is 1. The second-order valence-electron chi connectivity index (χ2n) is 9.04. The van der Waals surface area contributed by atoms with Gasteiger partial charge in [-0.25, -0.2) is 0 Å². The molecule has 0 saturated heterocycles. The summed E-state index contributed by atoms with van der Waals surface area (Å²) in [6.07, 6.45) is 29.3. The van der Waals surface area contributed by atoms with Crippen molar-refractivity contribution < 1.29 is 14.6 Å². The summed E-state index contributed by atoms with van der Waals surface area (Å²) in [4.78, 5) is 0. The van der Waals surface area contributed by atoms with Crippen molar-refractivity contribution in [1.82, 2.24) is 0 Å². The Bertz CT molecular complexity index is 323. The molecule has 0 heterocycles. The zero-order valence-corrected chi connectivity index (χ0v) is 21.3. The Morgan fingerprint density at radius 3 is 1.52 bits per heavy atom. The number of aliphatic hydroxyl groups is 1. The lowest BCUT2D eigenvalue weighted by Gasteiger charge is -2.19. The number of aliphatic hydroxyl groups excluding tert-OH is 1. The van der Waals surface area contributed by atoms with E-state index in [2.05, 4.69) is 26.0 Å². The minimum Gasteiger partial charge on any atom is -0.396 e. The summed E-state index contributed by atoms with van der Waals surface area (Å²) in [5.74, 6) is 0. The third-order valence-electron chi connectivity index (χ3n) is 5.88. The zero-order chi connectivity index (χ0) is 22.7. The second-order valence-corrected chi connectivity index (χ2v) is 9.04. The van der Waals surface area contributed by atoms with Gasteiger partial charge in [0.15, 0.2) is 6.29 Å². The fourth-order valence-corrected chi connectivity index (χ4v) is 3.82. The molecule has 0 fully saturated rings. The second kappa shape index (κ2) is 27.7. The first-order valence-corrected chi connectivity index (χ1v) is 13.8. The van der Waals surface area contributed by atoms with Crippen LogP contribution in [0.1, 0.15) is 142 Å². The molecule has 0 saturated carbocycles. The summed E-state index contributed by atoms with van der Waals surface area (Å²) < 4.78 is 12.3. The highest BCUT2D eigenvalue weighted by Gasteiger charge is 2.09. The minimum atomic E-state index is -0.00915. The molecule has 3 nitrogen and oxygen atoms in total. The topological polar surface area (TPSA) is 38.7 Å². The summed E-state index contributed by atoms with van der Waals surface area (Å²) in [6, 6.07) is 0. The largest absolute Gasteiger partial charge is 0.396 e. The van der Waals surface area contributed by atoms with Gasteiger partial charge >= 0.3 is 0 Å². The van der Waals surface area contributed by atoms with Gasteiger partial charge in [0.05, 0.1) is 0 Å². The van der Waals surface area contributed by atoms with Crippen LogP contribution < -0.4 is 0 Å². The molecule has 1 N–H and O–H groups in total. The van der Waals surface area contributed by atoms with E-state index in [1.165, 1.54) is 109 Å². The van der Waals surface area contributed by atoms with E-state index in [1.54, 1.807) is 0 Å². The Kier molecular flexibility index (Phi) is 27.3. The fraction of sp³-hybridized carbons (Fsp3) is 0.929. The molecule has 0 aliphatic heterocycles. The molecule has 0 radical (unpaired) electrons. The van der Waals surface area contributed by atoms with Gasteiger partial charge in [-0.3, -0.25) is 0 Å². The van der Waals surface area contributed by atoms with Gasteiger partial charge in [-0.05, 0) is 44.9 Å². The van der Waals surface area contributed by atoms with E-state index < -0.39 is 0 Å². The predicted molar refractivity (Wildman–Crippen MR) is 136 cm³/mol. The molecule has 0 unspecified atom stereocenters. The first-order valence-electron chi connectivity index (χ1n) is 13.8. The van der Waals surface area contributed by atoms with Crippen LogP contribution in [0.5, 0.6) is 0 Å². The van der Waals surface area contributed by atoms with Crippen LogP contribution in [0, 0.1) is 0 Å². The maximum atomic E-state index is 8.79. The molecule has 0 bridgehead atoms. The lowest BCUT2D eigenvalue weighted by atomic mass is 10.1. The van der Waals surface area contributed by atoms with Crippen molar-refractivity contribution in [3.63, 3.8) is 0 Å². The molecule has 0 amide bonds. The molecule has 0 aromatic rings. The molecule has 0 aliphatic rings. The van der Waals surface area contributed by atoms with Crippen molar-refractivity contribution in [2.24, 2.45) is 0 Å². The SMILES string of the molecule is CCCCCCCCCOC(CCCCC/C=C/CCO)OCCCCCCCCC. The van der Waals surface area contributed by atoms with Crippen LogP contribution in [0.3, 0.4) is 0 Å². The molecule has 0 atom stereocenters. The fourth-order valence-electron chi connectivity index (χ4n) is 3.82. The van der Waals surface area contributed by atoms with Gasteiger partial charge in [-0.15, -0.1) is 0 Å². The minimum absolute atomic E-state index is 0.00915. The van der Waals surface area contributed by atoms with Gasteiger partial charge in [-0.2, -0.15) is 0 Å². The van der Waals surface area contributed by atoms with Crippen molar-refractivity contribution in [1.29, 1.82) is 0 Å². The maximum absolute atomic E-state index is 8.79. The number of unbranched alkanes of at least 4 members (excludes halogenated alkanes) is 15. The van der Waals surface area contributed by atoms with Crippen LogP contribution in [0.15, 0.2) is 12.2 Å². The quantitative estimate of drug-likeness (QED) is 0.0830. The summed E-state index contributed by atoms with van der Waals surface area (Å²) in [5, 5.41) is 8.79. The summed E-state index contributed by atoms with van der Waals surface area (Å²) in [7, 11) is 0. The Labute approximate surface area is 195 Å². The van der Waals surface area contributed by atoms with Gasteiger partial charge in [0.1, 0.15) is 0 Å². The van der Waals surface area contributed by atoms with Crippen LogP contribution in [0.4, 0.5) is 0 Å². The van der Waals surface area contributed by atoms with Crippen molar-refractivity contribution in [2.75, 3.05) is 19.8 Å². The van der Waals surface area contributed by atoms with Gasteiger partial charge < -0.3 is 14.6 Å². The first kappa shape index (κ1) is 30.6. The Morgan fingerprint density at radius 2 is 1.00 bits per heavy atom. The molecular formula is C28H56O3. The number of rotatable bonds is 26. The highest BCUT2D eigenvalue weighted by Crippen LogP contribution is 2.14. The zero-order valence-electron chi connectivity index (χ0n) is 21.3. The van der Waals surface area contributed by atoms with E-state index in [4.69, 9.17) is 14.6 Å². The van der Waals surface area contributed by atoms with Crippen LogP contribution in [0.25, 0.3) is 0 Å². The summed E-state index contributed by atoms with van der Waals surface area (Å²) in [5.41, 5.74) is 0. The van der Waals surface area contributed by atoms with E-state index in [0.29, 0.717) is 0 Å². The van der Waals surface area contributed by atoms with Crippen LogP contribution in [-0.4, -0.2) is 31.2 Å². The average molecular weight is 441 g/mol. The Balaban J connectivity index is 3.87. The highest BCUT2D eigenvalue weighted by atomic mass is 16.7. The van der Waals surface area contributed by atoms with E-state index in [9.17, 15) is 0 Å². The smallest absolute Gasteiger partial charge is 0.157 e. The van der Waals surface area contributed by atoms with E-state index in [1.807, 2.05) is 0 Å². The standard InChI is InChI=1S/C28H56O3/c1-3-5-7-9-14-18-22-26-30-28(24-20-16-12-11-13-17-21-25-29)31-27-23-19-15-10-8-6-4-2/h13,17,28-29H,3-12,14-16,18-27H2,1-2H3/b17-13+. The normalized spacial score (nSPS) is 11.9. The summed E-state index contributed by atoms with van der Waals surface area (Å²) in [6.45, 7) is 6.49. The summed E-state index contributed by atoms with van der Waals surface area (Å²) >= 11 is 0. The molecule has 186 valence electrons. The monoisotopic (exact) mass is 440 g/mol. The molecular weight excluding hydrogens is 384 g/mol. The third-order valence-corrected chi connectivity index (χ3v) is 5.88. The third kappa shape index (κ3) is 25.8. The van der Waals surface area contributed by atoms with Gasteiger partial charge in [-0.1, -0.05) is 109 Å². The van der Waals surface area contributed by atoms with Crippen molar-refractivity contribution >= 4 is 0 Å². The molecule has 0 rings (SSSR count). The highest BCUT2D eigenvalue weighted by molar-refractivity contribution is 4.80. The van der Waals surface area contributed by atoms with Gasteiger partial charge in [0.2, 0.25) is 0 Å². The Morgan fingerprint density at radius 1 is 0.548 bits per heavy atom. The average Bonchev–Trinajstić information content (AvgIpc) is 2.78. The van der Waals surface area contributed by atoms with Crippen LogP contribution in [-0.2, 0) is 9.47 Å². The van der Waals surface area contributed by atoms with Crippen molar-refractivity contribution in [2.45, 2.75) is 149 Å². The van der Waals surface area contributed by atoms with Crippen molar-refractivity contribution in [3.05, 3.63) is 12.2 Å². The molecule has 0 aromatic carbocycles. The van der Waals surface area contributed by atoms with E-state index >= 15 is 0 Å².